The number of carboxylic acid groups (broad SMARTS) is 1. The molecule has 1 aliphatic heterocycles. The largest absolute Gasteiger partial charge is 0.480 e. The third kappa shape index (κ3) is 7.17. The number of rotatable bonds is 9. The van der Waals surface area contributed by atoms with Crippen LogP contribution in [-0.4, -0.2) is 52.8 Å². The summed E-state index contributed by atoms with van der Waals surface area (Å²) in [5, 5.41) is 16.2. The molecule has 0 spiro atoms. The van der Waals surface area contributed by atoms with Gasteiger partial charge in [0.2, 0.25) is 11.8 Å². The van der Waals surface area contributed by atoms with Crippen molar-refractivity contribution in [1.29, 1.82) is 0 Å². The van der Waals surface area contributed by atoms with E-state index in [1.165, 1.54) is 18.3 Å². The summed E-state index contributed by atoms with van der Waals surface area (Å²) in [6, 6.07) is 5.31. The van der Waals surface area contributed by atoms with Crippen molar-refractivity contribution in [1.82, 2.24) is 5.01 Å². The van der Waals surface area contributed by atoms with E-state index in [9.17, 15) is 27.6 Å². The third-order valence-corrected chi connectivity index (χ3v) is 4.89. The maximum absolute atomic E-state index is 13.9. The molecule has 0 saturated carbocycles. The quantitative estimate of drug-likeness (QED) is 0.440. The van der Waals surface area contributed by atoms with Gasteiger partial charge >= 0.3 is 5.97 Å². The van der Waals surface area contributed by atoms with Gasteiger partial charge in [-0.05, 0) is 30.2 Å². The van der Waals surface area contributed by atoms with E-state index >= 15 is 0 Å². The van der Waals surface area contributed by atoms with Crippen molar-refractivity contribution >= 4 is 42.1 Å². The Morgan fingerprint density at radius 1 is 1.17 bits per heavy atom. The van der Waals surface area contributed by atoms with Crippen molar-refractivity contribution < 1.29 is 37.4 Å². The molecule has 2 amide bonds. The maximum Gasteiger partial charge on any atom is 0.341 e. The molecule has 1 aliphatic rings. The third-order valence-electron chi connectivity index (χ3n) is 4.89. The standard InChI is InChI=1S/C22H21F3N4O5.ClH/c23-14-10-16(25)15(24)8-12(14)7-13(26)9-20(30)29-18(5-6-27-29)22(33)28-17-3-1-2-4-19(17)34-11-21(31)32;/h1-4,6,8,10,13,18H,5,7,9,11,26H2,(H,28,33)(H,31,32);1H/t13-,18?;/m1./s1. The van der Waals surface area contributed by atoms with E-state index in [-0.39, 0.29) is 48.7 Å². The SMILES string of the molecule is Cl.N[C@@H](CC(=O)N1N=CCC1C(=O)Nc1ccccc1OCC(=O)O)Cc1cc(F)c(F)cc1F. The van der Waals surface area contributed by atoms with Gasteiger partial charge < -0.3 is 20.9 Å². The number of carbonyl (C=O) groups is 3. The van der Waals surface area contributed by atoms with Gasteiger partial charge in [-0.15, -0.1) is 12.4 Å². The van der Waals surface area contributed by atoms with E-state index in [0.29, 0.717) is 12.1 Å². The van der Waals surface area contributed by atoms with E-state index in [4.69, 9.17) is 15.6 Å². The van der Waals surface area contributed by atoms with Crippen LogP contribution in [0.2, 0.25) is 0 Å². The van der Waals surface area contributed by atoms with Crippen LogP contribution in [0.1, 0.15) is 18.4 Å². The first-order chi connectivity index (χ1) is 16.2. The molecule has 13 heteroatoms. The summed E-state index contributed by atoms with van der Waals surface area (Å²) >= 11 is 0. The van der Waals surface area contributed by atoms with Gasteiger partial charge in [-0.25, -0.2) is 23.0 Å². The van der Waals surface area contributed by atoms with Gasteiger partial charge in [0.1, 0.15) is 17.6 Å². The molecule has 0 saturated heterocycles. The summed E-state index contributed by atoms with van der Waals surface area (Å²) in [5.74, 6) is -5.84. The number of hydrazone groups is 1. The Labute approximate surface area is 204 Å². The molecule has 2 aromatic carbocycles. The number of hydrogen-bond acceptors (Lipinski definition) is 6. The molecule has 0 aromatic heterocycles. The van der Waals surface area contributed by atoms with Crippen LogP contribution in [0, 0.1) is 17.5 Å². The molecule has 0 radical (unpaired) electrons. The Balaban J connectivity index is 0.00000432. The number of amides is 2. The molecule has 2 aromatic rings. The summed E-state index contributed by atoms with van der Waals surface area (Å²) < 4.78 is 45.5. The van der Waals surface area contributed by atoms with Crippen molar-refractivity contribution in [2.75, 3.05) is 11.9 Å². The highest BCUT2D eigenvalue weighted by Crippen LogP contribution is 2.25. The number of nitrogens with one attached hydrogen (secondary N) is 1. The van der Waals surface area contributed by atoms with Crippen molar-refractivity contribution in [3.05, 3.63) is 59.4 Å². The molecular weight excluding hydrogens is 493 g/mol. The number of para-hydroxylation sites is 2. The summed E-state index contributed by atoms with van der Waals surface area (Å²) in [6.07, 6.45) is 0.910. The Morgan fingerprint density at radius 2 is 1.86 bits per heavy atom. The molecule has 1 unspecified atom stereocenters. The van der Waals surface area contributed by atoms with E-state index in [0.717, 1.165) is 5.01 Å². The van der Waals surface area contributed by atoms with E-state index in [1.54, 1.807) is 12.1 Å². The van der Waals surface area contributed by atoms with Crippen LogP contribution in [0.5, 0.6) is 5.75 Å². The van der Waals surface area contributed by atoms with Crippen LogP contribution in [0.3, 0.4) is 0 Å². The fourth-order valence-corrected chi connectivity index (χ4v) is 3.32. The first-order valence-corrected chi connectivity index (χ1v) is 10.1. The lowest BCUT2D eigenvalue weighted by atomic mass is 10.0. The Morgan fingerprint density at radius 3 is 2.57 bits per heavy atom. The van der Waals surface area contributed by atoms with Gasteiger partial charge in [0, 0.05) is 31.2 Å². The zero-order chi connectivity index (χ0) is 24.8. The number of nitrogens with zero attached hydrogens (tertiary/aromatic N) is 2. The van der Waals surface area contributed by atoms with Crippen LogP contribution in [0.15, 0.2) is 41.5 Å². The van der Waals surface area contributed by atoms with Gasteiger partial charge in [-0.3, -0.25) is 9.59 Å². The van der Waals surface area contributed by atoms with Gasteiger partial charge in [-0.2, -0.15) is 5.10 Å². The van der Waals surface area contributed by atoms with Crippen LogP contribution < -0.4 is 15.8 Å². The van der Waals surface area contributed by atoms with Crippen molar-refractivity contribution in [3.8, 4) is 5.75 Å². The van der Waals surface area contributed by atoms with Gasteiger partial charge in [-0.1, -0.05) is 12.1 Å². The number of benzene rings is 2. The predicted molar refractivity (Wildman–Crippen MR) is 122 cm³/mol. The fourth-order valence-electron chi connectivity index (χ4n) is 3.32. The van der Waals surface area contributed by atoms with Crippen molar-refractivity contribution in [3.63, 3.8) is 0 Å². The number of nitrogens with two attached hydrogens (primary N) is 1. The maximum atomic E-state index is 13.9. The van der Waals surface area contributed by atoms with E-state index in [2.05, 4.69) is 10.4 Å². The molecule has 0 aliphatic carbocycles. The number of hydrogen-bond donors (Lipinski definition) is 3. The lowest BCUT2D eigenvalue weighted by molar-refractivity contribution is -0.139. The smallest absolute Gasteiger partial charge is 0.341 e. The van der Waals surface area contributed by atoms with Crippen molar-refractivity contribution in [2.24, 2.45) is 10.8 Å². The van der Waals surface area contributed by atoms with Gasteiger partial charge in [0.25, 0.3) is 0 Å². The molecule has 9 nitrogen and oxygen atoms in total. The zero-order valence-corrected chi connectivity index (χ0v) is 18.9. The molecule has 4 N–H and O–H groups in total. The average molecular weight is 515 g/mol. The average Bonchev–Trinajstić information content (AvgIpc) is 3.27. The van der Waals surface area contributed by atoms with Gasteiger partial charge in [0.05, 0.1) is 5.69 Å². The number of halogens is 4. The van der Waals surface area contributed by atoms with E-state index in [1.807, 2.05) is 0 Å². The highest BCUT2D eigenvalue weighted by molar-refractivity contribution is 6.00. The normalized spacial score (nSPS) is 15.3. The minimum Gasteiger partial charge on any atom is -0.480 e. The summed E-state index contributed by atoms with van der Waals surface area (Å²) in [6.45, 7) is -0.611. The molecule has 2 atom stereocenters. The molecular formula is C22H22ClF3N4O5. The van der Waals surface area contributed by atoms with Crippen LogP contribution in [0.4, 0.5) is 18.9 Å². The molecule has 0 fully saturated rings. The van der Waals surface area contributed by atoms with Gasteiger partial charge in [0.15, 0.2) is 18.2 Å². The van der Waals surface area contributed by atoms with Crippen molar-refractivity contribution in [2.45, 2.75) is 31.3 Å². The lowest BCUT2D eigenvalue weighted by Crippen LogP contribution is -2.43. The first-order valence-electron chi connectivity index (χ1n) is 10.1. The fraction of sp³-hybridized carbons (Fsp3) is 0.273. The topological polar surface area (TPSA) is 134 Å². The monoisotopic (exact) mass is 514 g/mol. The molecule has 1 heterocycles. The molecule has 3 rings (SSSR count). The second kappa shape index (κ2) is 12.2. The number of ether oxygens (including phenoxy) is 1. The highest BCUT2D eigenvalue weighted by atomic mass is 35.5. The Bertz CT molecular complexity index is 1130. The summed E-state index contributed by atoms with van der Waals surface area (Å²) in [5.41, 5.74) is 5.93. The zero-order valence-electron chi connectivity index (χ0n) is 18.1. The second-order valence-corrected chi connectivity index (χ2v) is 7.48. The summed E-state index contributed by atoms with van der Waals surface area (Å²) in [7, 11) is 0. The minimum atomic E-state index is -1.33. The number of aliphatic carboxylic acids is 1. The molecule has 35 heavy (non-hydrogen) atoms. The Kier molecular flexibility index (Phi) is 9.60. The van der Waals surface area contributed by atoms with Crippen LogP contribution in [0.25, 0.3) is 0 Å². The minimum absolute atomic E-state index is 0. The number of carbonyl (C=O) groups excluding carboxylic acids is 2. The van der Waals surface area contributed by atoms with Crippen LogP contribution in [-0.2, 0) is 20.8 Å². The van der Waals surface area contributed by atoms with E-state index < -0.39 is 53.9 Å². The first kappa shape index (κ1) is 27.6. The predicted octanol–water partition coefficient (Wildman–Crippen LogP) is 2.47. The number of carboxylic acids is 1. The molecule has 188 valence electrons. The lowest BCUT2D eigenvalue weighted by Gasteiger charge is -2.23. The summed E-state index contributed by atoms with van der Waals surface area (Å²) in [4.78, 5) is 36.2. The highest BCUT2D eigenvalue weighted by Gasteiger charge is 2.33. The Hall–Kier alpha value is -3.64. The number of anilines is 1. The second-order valence-electron chi connectivity index (χ2n) is 7.48. The van der Waals surface area contributed by atoms with Crippen LogP contribution >= 0.6 is 12.4 Å². The molecule has 0 bridgehead atoms.